The molecule has 5 nitrogen and oxygen atoms in total. The third kappa shape index (κ3) is 5.05. The second kappa shape index (κ2) is 9.25. The Kier molecular flexibility index (Phi) is 6.27. The second-order valence-electron chi connectivity index (χ2n) is 7.44. The molecule has 0 saturated carbocycles. The zero-order valence-electron chi connectivity index (χ0n) is 16.2. The summed E-state index contributed by atoms with van der Waals surface area (Å²) in [5.41, 5.74) is 1.51. The van der Waals surface area contributed by atoms with Gasteiger partial charge in [-0.15, -0.1) is 0 Å². The Morgan fingerprint density at radius 3 is 2.93 bits per heavy atom. The summed E-state index contributed by atoms with van der Waals surface area (Å²) in [5, 5.41) is 3.73. The summed E-state index contributed by atoms with van der Waals surface area (Å²) >= 11 is 6.27. The quantitative estimate of drug-likeness (QED) is 0.644. The van der Waals surface area contributed by atoms with Gasteiger partial charge in [-0.1, -0.05) is 23.7 Å². The van der Waals surface area contributed by atoms with E-state index >= 15 is 0 Å². The van der Waals surface area contributed by atoms with Crippen molar-refractivity contribution in [3.05, 3.63) is 77.3 Å². The van der Waals surface area contributed by atoms with Crippen LogP contribution in [-0.2, 0) is 6.54 Å². The Balaban J connectivity index is 1.31. The minimum absolute atomic E-state index is 0.0642. The monoisotopic (exact) mass is 409 g/mol. The number of halogens is 1. The van der Waals surface area contributed by atoms with Gasteiger partial charge in [-0.2, -0.15) is 0 Å². The molecular weight excluding hydrogens is 386 g/mol. The number of pyridine rings is 1. The van der Waals surface area contributed by atoms with Crippen molar-refractivity contribution in [1.29, 1.82) is 0 Å². The molecular formula is C23H24ClN3O2. The normalized spacial score (nSPS) is 17.2. The van der Waals surface area contributed by atoms with Crippen LogP contribution in [0.4, 0.5) is 0 Å². The smallest absolute Gasteiger partial charge is 0.252 e. The number of amides is 1. The summed E-state index contributed by atoms with van der Waals surface area (Å²) in [6.07, 6.45) is 5.50. The van der Waals surface area contributed by atoms with Crippen molar-refractivity contribution >= 4 is 17.5 Å². The van der Waals surface area contributed by atoms with E-state index in [0.717, 1.165) is 49.6 Å². The van der Waals surface area contributed by atoms with Gasteiger partial charge >= 0.3 is 0 Å². The molecule has 6 heteroatoms. The van der Waals surface area contributed by atoms with Gasteiger partial charge in [0.1, 0.15) is 11.5 Å². The molecule has 1 aromatic carbocycles. The molecule has 1 saturated heterocycles. The molecule has 2 aromatic heterocycles. The number of furan rings is 1. The van der Waals surface area contributed by atoms with Crippen LogP contribution in [0, 0.1) is 5.92 Å². The molecule has 1 atom stereocenters. The van der Waals surface area contributed by atoms with E-state index in [2.05, 4.69) is 15.2 Å². The summed E-state index contributed by atoms with van der Waals surface area (Å²) in [6.45, 7) is 3.41. The number of nitrogens with one attached hydrogen (secondary N) is 1. The van der Waals surface area contributed by atoms with Crippen molar-refractivity contribution in [2.45, 2.75) is 19.4 Å². The topological polar surface area (TPSA) is 58.4 Å². The Morgan fingerprint density at radius 2 is 2.10 bits per heavy atom. The maximum absolute atomic E-state index is 12.2. The molecule has 0 radical (unpaired) electrons. The average Bonchev–Trinajstić information content (AvgIpc) is 3.21. The number of aromatic nitrogens is 1. The first-order valence-corrected chi connectivity index (χ1v) is 10.3. The molecule has 0 aliphatic carbocycles. The Labute approximate surface area is 175 Å². The molecule has 3 aromatic rings. The zero-order valence-corrected chi connectivity index (χ0v) is 16.9. The third-order valence-corrected chi connectivity index (χ3v) is 5.59. The maximum atomic E-state index is 12.2. The lowest BCUT2D eigenvalue weighted by atomic mass is 9.98. The van der Waals surface area contributed by atoms with E-state index < -0.39 is 0 Å². The fourth-order valence-electron chi connectivity index (χ4n) is 3.79. The molecule has 1 aliphatic heterocycles. The van der Waals surface area contributed by atoms with Crippen molar-refractivity contribution in [2.24, 2.45) is 5.92 Å². The van der Waals surface area contributed by atoms with Gasteiger partial charge in [-0.25, -0.2) is 0 Å². The van der Waals surface area contributed by atoms with Crippen molar-refractivity contribution in [3.8, 4) is 11.3 Å². The van der Waals surface area contributed by atoms with Gasteiger partial charge in [0.15, 0.2) is 0 Å². The number of nitrogens with zero attached hydrogens (tertiary/aromatic N) is 2. The molecule has 1 fully saturated rings. The summed E-state index contributed by atoms with van der Waals surface area (Å²) < 4.78 is 6.04. The van der Waals surface area contributed by atoms with E-state index in [1.54, 1.807) is 24.5 Å². The highest BCUT2D eigenvalue weighted by atomic mass is 35.5. The lowest BCUT2D eigenvalue weighted by Crippen LogP contribution is -2.40. The molecule has 0 spiro atoms. The summed E-state index contributed by atoms with van der Waals surface area (Å²) in [4.78, 5) is 18.6. The molecule has 1 N–H and O–H groups in total. The van der Waals surface area contributed by atoms with E-state index in [0.29, 0.717) is 23.0 Å². The molecule has 3 heterocycles. The lowest BCUT2D eigenvalue weighted by molar-refractivity contribution is 0.0928. The van der Waals surface area contributed by atoms with Crippen LogP contribution in [0.1, 0.15) is 29.0 Å². The van der Waals surface area contributed by atoms with Gasteiger partial charge in [0.05, 0.1) is 17.1 Å². The predicted molar refractivity (Wildman–Crippen MR) is 114 cm³/mol. The van der Waals surface area contributed by atoms with E-state index in [1.165, 1.54) is 0 Å². The van der Waals surface area contributed by atoms with Gasteiger partial charge in [-0.05, 0) is 61.7 Å². The minimum atomic E-state index is -0.0642. The summed E-state index contributed by atoms with van der Waals surface area (Å²) in [7, 11) is 0. The van der Waals surface area contributed by atoms with Crippen molar-refractivity contribution in [1.82, 2.24) is 15.2 Å². The highest BCUT2D eigenvalue weighted by molar-refractivity contribution is 6.33. The van der Waals surface area contributed by atoms with Gasteiger partial charge in [-0.3, -0.25) is 14.7 Å². The number of hydrogen-bond donors (Lipinski definition) is 1. The third-order valence-electron chi connectivity index (χ3n) is 5.26. The van der Waals surface area contributed by atoms with Crippen molar-refractivity contribution in [3.63, 3.8) is 0 Å². The highest BCUT2D eigenvalue weighted by Gasteiger charge is 2.22. The fraction of sp³-hybridized carbons (Fsp3) is 0.304. The molecule has 4 rings (SSSR count). The number of piperidine rings is 1. The molecule has 29 heavy (non-hydrogen) atoms. The predicted octanol–water partition coefficient (Wildman–Crippen LogP) is 4.64. The minimum Gasteiger partial charge on any atom is -0.460 e. The molecule has 1 amide bonds. The molecule has 1 unspecified atom stereocenters. The number of rotatable bonds is 6. The maximum Gasteiger partial charge on any atom is 0.252 e. The second-order valence-corrected chi connectivity index (χ2v) is 7.85. The van der Waals surface area contributed by atoms with Crippen LogP contribution >= 0.6 is 11.6 Å². The van der Waals surface area contributed by atoms with Gasteiger partial charge < -0.3 is 9.73 Å². The van der Waals surface area contributed by atoms with Crippen LogP contribution in [-0.4, -0.2) is 35.4 Å². The Hall–Kier alpha value is -2.63. The van der Waals surface area contributed by atoms with Crippen molar-refractivity contribution < 1.29 is 9.21 Å². The Bertz CT molecular complexity index is 958. The lowest BCUT2D eigenvalue weighted by Gasteiger charge is -2.32. The molecule has 150 valence electrons. The largest absolute Gasteiger partial charge is 0.460 e. The summed E-state index contributed by atoms with van der Waals surface area (Å²) in [5.74, 6) is 2.09. The number of likely N-dealkylation sites (tertiary alicyclic amines) is 1. The fourth-order valence-corrected chi connectivity index (χ4v) is 4.02. The number of carbonyl (C=O) groups is 1. The first-order chi connectivity index (χ1) is 14.2. The standard InChI is InChI=1S/C23H24ClN3O2/c24-21-8-2-1-7-20(21)22-10-9-19(29-22)16-27-12-4-5-17(15-27)13-26-23(28)18-6-3-11-25-14-18/h1-3,6-11,14,17H,4-5,12-13,15-16H2,(H,26,28). The van der Waals surface area contributed by atoms with E-state index in [1.807, 2.05) is 36.4 Å². The Morgan fingerprint density at radius 1 is 1.21 bits per heavy atom. The highest BCUT2D eigenvalue weighted by Crippen LogP contribution is 2.29. The number of carbonyl (C=O) groups excluding carboxylic acids is 1. The number of hydrogen-bond acceptors (Lipinski definition) is 4. The van der Waals surface area contributed by atoms with Gasteiger partial charge in [0.25, 0.3) is 5.91 Å². The van der Waals surface area contributed by atoms with Crippen molar-refractivity contribution in [2.75, 3.05) is 19.6 Å². The van der Waals surface area contributed by atoms with Crippen LogP contribution in [0.25, 0.3) is 11.3 Å². The zero-order chi connectivity index (χ0) is 20.1. The van der Waals surface area contributed by atoms with Crippen LogP contribution in [0.2, 0.25) is 5.02 Å². The van der Waals surface area contributed by atoms with Crippen LogP contribution < -0.4 is 5.32 Å². The van der Waals surface area contributed by atoms with E-state index in [-0.39, 0.29) is 5.91 Å². The van der Waals surface area contributed by atoms with E-state index in [9.17, 15) is 4.79 Å². The van der Waals surface area contributed by atoms with Gasteiger partial charge in [0.2, 0.25) is 0 Å². The molecule has 1 aliphatic rings. The van der Waals surface area contributed by atoms with E-state index in [4.69, 9.17) is 16.0 Å². The van der Waals surface area contributed by atoms with Gasteiger partial charge in [0, 0.05) is 31.0 Å². The summed E-state index contributed by atoms with van der Waals surface area (Å²) in [6, 6.07) is 15.3. The first kappa shape index (κ1) is 19.7. The van der Waals surface area contributed by atoms with Crippen LogP contribution in [0.3, 0.4) is 0 Å². The number of benzene rings is 1. The molecule has 0 bridgehead atoms. The average molecular weight is 410 g/mol. The first-order valence-electron chi connectivity index (χ1n) is 9.93. The SMILES string of the molecule is O=C(NCC1CCCN(Cc2ccc(-c3ccccc3Cl)o2)C1)c1cccnc1. The van der Waals surface area contributed by atoms with Crippen LogP contribution in [0.15, 0.2) is 65.3 Å². The van der Waals surface area contributed by atoms with Crippen LogP contribution in [0.5, 0.6) is 0 Å².